The fourth-order valence-electron chi connectivity index (χ4n) is 6.89. The number of pyridine rings is 2. The predicted octanol–water partition coefficient (Wildman–Crippen LogP) is 9.41. The molecule has 2 unspecified atom stereocenters. The summed E-state index contributed by atoms with van der Waals surface area (Å²) in [4.78, 5) is 9.33. The predicted molar refractivity (Wildman–Crippen MR) is 163 cm³/mol. The SMILES string of the molecule is CC1=Cc2c(-c3ccccn3)cccc2[CH]1[Zr]([Cl])([Cl])([CH]1C(C)=Cc2c(-c3ccccn3)cccc21)[SiH](C)C. The number of hydrogen-bond acceptors (Lipinski definition) is 2. The molecule has 0 saturated heterocycles. The second-order valence-electron chi connectivity index (χ2n) is 11.1. The van der Waals surface area contributed by atoms with Gasteiger partial charge < -0.3 is 0 Å². The molecule has 0 N–H and O–H groups in total. The van der Waals surface area contributed by atoms with E-state index in [4.69, 9.17) is 17.0 Å². The number of aromatic nitrogens is 2. The third-order valence-corrected chi connectivity index (χ3v) is 60.9. The molecule has 6 heteroatoms. The Kier molecular flexibility index (Phi) is 6.55. The Morgan fingerprint density at radius 1 is 0.632 bits per heavy atom. The van der Waals surface area contributed by atoms with Crippen molar-refractivity contribution in [3.63, 3.8) is 0 Å². The monoisotopic (exact) mass is 631 g/mol. The van der Waals surface area contributed by atoms with E-state index in [1.165, 1.54) is 33.4 Å². The Morgan fingerprint density at radius 2 is 1.08 bits per heavy atom. The summed E-state index contributed by atoms with van der Waals surface area (Å²) in [7, 11) is 16.6. The maximum absolute atomic E-state index is 8.31. The van der Waals surface area contributed by atoms with Gasteiger partial charge in [-0.25, -0.2) is 0 Å². The molecule has 2 aliphatic carbocycles. The van der Waals surface area contributed by atoms with Gasteiger partial charge in [-0.15, -0.1) is 0 Å². The molecule has 0 aliphatic heterocycles. The second kappa shape index (κ2) is 9.52. The van der Waals surface area contributed by atoms with E-state index in [1.807, 2.05) is 36.7 Å². The molecule has 0 radical (unpaired) electrons. The van der Waals surface area contributed by atoms with Crippen molar-refractivity contribution < 1.29 is 15.6 Å². The van der Waals surface area contributed by atoms with Crippen LogP contribution in [-0.2, 0) is 15.6 Å². The van der Waals surface area contributed by atoms with Gasteiger partial charge in [0.1, 0.15) is 0 Å². The fraction of sp³-hybridized carbons (Fsp3) is 0.188. The van der Waals surface area contributed by atoms with Crippen LogP contribution in [0.4, 0.5) is 0 Å². The number of halogens is 2. The van der Waals surface area contributed by atoms with Gasteiger partial charge in [-0.2, -0.15) is 0 Å². The van der Waals surface area contributed by atoms with Gasteiger partial charge in [0.05, 0.1) is 0 Å². The fourth-order valence-corrected chi connectivity index (χ4v) is 39.8. The Labute approximate surface area is 234 Å². The first-order valence-electron chi connectivity index (χ1n) is 13.2. The number of nitrogens with zero attached hydrogens (tertiary/aromatic N) is 2. The van der Waals surface area contributed by atoms with Crippen LogP contribution in [0.2, 0.25) is 13.1 Å². The molecule has 4 aromatic rings. The van der Waals surface area contributed by atoms with Crippen LogP contribution in [0.25, 0.3) is 34.7 Å². The summed E-state index contributed by atoms with van der Waals surface area (Å²) in [6.07, 6.45) is 8.38. The third-order valence-electron chi connectivity index (χ3n) is 8.64. The van der Waals surface area contributed by atoms with Crippen LogP contribution in [0.5, 0.6) is 0 Å². The van der Waals surface area contributed by atoms with Gasteiger partial charge in [0.2, 0.25) is 0 Å². The molecule has 2 aromatic heterocycles. The third kappa shape index (κ3) is 3.83. The van der Waals surface area contributed by atoms with E-state index in [-0.39, 0.29) is 7.25 Å². The van der Waals surface area contributed by atoms with E-state index in [0.717, 1.165) is 22.5 Å². The van der Waals surface area contributed by atoms with Crippen molar-refractivity contribution in [1.29, 1.82) is 0 Å². The van der Waals surface area contributed by atoms with E-state index in [2.05, 4.69) is 97.6 Å². The average Bonchev–Trinajstić information content (AvgIpc) is 3.46. The van der Waals surface area contributed by atoms with Crippen molar-refractivity contribution >= 4 is 35.1 Å². The van der Waals surface area contributed by atoms with Gasteiger partial charge in [-0.1, -0.05) is 0 Å². The maximum atomic E-state index is 8.31. The standard InChI is InChI=1S/2C15H12N.C2H7Si.2ClH.Zr/c2*1-11-9-12-5-4-6-13(14(12)10-11)15-7-2-3-8-16-15;1-3-2;;;/h2*2-10H,1H3;3H,1-2H3;2*1H;/q;;;;;+2/p-2. The van der Waals surface area contributed by atoms with Crippen molar-refractivity contribution in [3.8, 4) is 22.5 Å². The molecule has 2 heterocycles. The average molecular weight is 634 g/mol. The summed E-state index contributed by atoms with van der Waals surface area (Å²) in [5.74, 6) is -1.57. The van der Waals surface area contributed by atoms with E-state index in [9.17, 15) is 0 Å². The molecular weight excluding hydrogens is 603 g/mol. The summed E-state index contributed by atoms with van der Waals surface area (Å²) in [6, 6.07) is 25.3. The number of fused-ring (bicyclic) bond motifs is 2. The summed E-state index contributed by atoms with van der Waals surface area (Å²) in [6.45, 7) is 9.24. The quantitative estimate of drug-likeness (QED) is 0.205. The van der Waals surface area contributed by atoms with E-state index >= 15 is 0 Å². The van der Waals surface area contributed by atoms with Crippen LogP contribution in [0.15, 0.2) is 96.3 Å². The molecule has 2 aromatic carbocycles. The number of hydrogen-bond donors (Lipinski definition) is 0. The first-order valence-corrected chi connectivity index (χ1v) is 29.5. The van der Waals surface area contributed by atoms with Crippen molar-refractivity contribution in [2.45, 2.75) is 34.2 Å². The van der Waals surface area contributed by atoms with Crippen molar-refractivity contribution in [3.05, 3.63) is 119 Å². The van der Waals surface area contributed by atoms with Gasteiger partial charge >= 0.3 is 236 Å². The van der Waals surface area contributed by atoms with E-state index in [0.29, 0.717) is 0 Å². The minimum atomic E-state index is -4.67. The van der Waals surface area contributed by atoms with Crippen LogP contribution in [0.1, 0.15) is 43.4 Å². The van der Waals surface area contributed by atoms with Gasteiger partial charge in [-0.3, -0.25) is 0 Å². The number of allylic oxidation sites excluding steroid dienone is 2. The molecule has 0 spiro atoms. The summed E-state index contributed by atoms with van der Waals surface area (Å²) < 4.78 is 0.144. The molecule has 191 valence electrons. The molecule has 0 bridgehead atoms. The summed E-state index contributed by atoms with van der Waals surface area (Å²) >= 11 is -4.67. The topological polar surface area (TPSA) is 25.8 Å². The van der Waals surface area contributed by atoms with E-state index < -0.39 is 21.5 Å². The van der Waals surface area contributed by atoms with Gasteiger partial charge in [0.25, 0.3) is 0 Å². The minimum absolute atomic E-state index is 0.0721. The molecule has 0 amide bonds. The van der Waals surface area contributed by atoms with Gasteiger partial charge in [-0.05, 0) is 0 Å². The zero-order valence-electron chi connectivity index (χ0n) is 22.1. The number of benzene rings is 2. The van der Waals surface area contributed by atoms with Crippen molar-refractivity contribution in [2.75, 3.05) is 0 Å². The Balaban J connectivity index is 1.56. The first kappa shape index (κ1) is 26.1. The van der Waals surface area contributed by atoms with Gasteiger partial charge in [0.15, 0.2) is 0 Å². The molecule has 0 saturated carbocycles. The number of rotatable bonds is 5. The molecule has 2 nitrogen and oxygen atoms in total. The van der Waals surface area contributed by atoms with Crippen molar-refractivity contribution in [1.82, 2.24) is 9.97 Å². The molecule has 0 fully saturated rings. The van der Waals surface area contributed by atoms with Gasteiger partial charge in [0, 0.05) is 0 Å². The molecule has 2 aliphatic rings. The van der Waals surface area contributed by atoms with Crippen LogP contribution in [-0.4, -0.2) is 15.9 Å². The summed E-state index contributed by atoms with van der Waals surface area (Å²) in [5, 5.41) is 0. The van der Waals surface area contributed by atoms with Crippen LogP contribution >= 0.6 is 17.0 Å². The summed E-state index contributed by atoms with van der Waals surface area (Å²) in [5.41, 5.74) is 11.9. The normalized spacial score (nSPS) is 19.4. The zero-order chi connectivity index (χ0) is 26.7. The Hall–Kier alpha value is -2.10. The Bertz CT molecular complexity index is 1500. The zero-order valence-corrected chi connectivity index (χ0v) is 27.2. The van der Waals surface area contributed by atoms with E-state index in [1.54, 1.807) is 0 Å². The molecule has 38 heavy (non-hydrogen) atoms. The molecular formula is C32H31Cl2N2SiZr. The molecule has 6 rings (SSSR count). The second-order valence-corrected chi connectivity index (χ2v) is 53.6. The van der Waals surface area contributed by atoms with Crippen molar-refractivity contribution in [2.24, 2.45) is 0 Å². The molecule has 2 atom stereocenters. The first-order chi connectivity index (χ1) is 18.2. The van der Waals surface area contributed by atoms with Crippen LogP contribution in [0.3, 0.4) is 0 Å². The van der Waals surface area contributed by atoms with Crippen LogP contribution in [0, 0.1) is 0 Å². The Morgan fingerprint density at radius 3 is 1.45 bits per heavy atom. The van der Waals surface area contributed by atoms with Crippen LogP contribution < -0.4 is 0 Å².